The van der Waals surface area contributed by atoms with Gasteiger partial charge in [-0.05, 0) is 13.8 Å². The van der Waals surface area contributed by atoms with E-state index in [1.165, 1.54) is 0 Å². The number of carbonyl (C=O) groups excluding carboxylic acids is 1. The number of hydrogen-bond acceptors (Lipinski definition) is 4. The Labute approximate surface area is 115 Å². The molecule has 0 aromatic heterocycles. The van der Waals surface area contributed by atoms with Gasteiger partial charge in [-0.25, -0.2) is 0 Å². The van der Waals surface area contributed by atoms with Crippen LogP contribution in [0, 0.1) is 0 Å². The van der Waals surface area contributed by atoms with Crippen LogP contribution in [0.2, 0.25) is 0 Å². The lowest BCUT2D eigenvalue weighted by molar-refractivity contribution is -0.118. The van der Waals surface area contributed by atoms with Crippen LogP contribution in [0.1, 0.15) is 20.3 Å². The van der Waals surface area contributed by atoms with Gasteiger partial charge in [-0.15, -0.1) is 0 Å². The van der Waals surface area contributed by atoms with Crippen molar-refractivity contribution < 1.29 is 18.1 Å². The molecule has 5 nitrogen and oxygen atoms in total. The SMILES string of the molecule is CCO[Si](OCC)(OCCC(N)=O)c1ccccc1. The number of hydrogen-bond donors (Lipinski definition) is 1. The maximum absolute atomic E-state index is 10.8. The molecule has 0 saturated carbocycles. The van der Waals surface area contributed by atoms with Gasteiger partial charge in [0.25, 0.3) is 0 Å². The van der Waals surface area contributed by atoms with Gasteiger partial charge in [-0.1, -0.05) is 30.3 Å². The molecule has 0 aliphatic rings. The molecular weight excluding hydrogens is 262 g/mol. The van der Waals surface area contributed by atoms with Gasteiger partial charge in [0.15, 0.2) is 0 Å². The highest BCUT2D eigenvalue weighted by atomic mass is 28.4. The minimum atomic E-state index is -2.95. The zero-order valence-electron chi connectivity index (χ0n) is 11.4. The Morgan fingerprint density at radius 1 is 1.11 bits per heavy atom. The van der Waals surface area contributed by atoms with Gasteiger partial charge in [0.2, 0.25) is 5.91 Å². The zero-order chi connectivity index (χ0) is 14.1. The molecular formula is C13H21NO4Si. The van der Waals surface area contributed by atoms with E-state index >= 15 is 0 Å². The van der Waals surface area contributed by atoms with Gasteiger partial charge in [0.05, 0.1) is 0 Å². The van der Waals surface area contributed by atoms with Crippen LogP contribution in [0.15, 0.2) is 30.3 Å². The third-order valence-corrected chi connectivity index (χ3v) is 5.40. The molecule has 0 bridgehead atoms. The summed E-state index contributed by atoms with van der Waals surface area (Å²) in [6.07, 6.45) is 0.154. The molecule has 1 aromatic rings. The number of amides is 1. The number of nitrogens with two attached hydrogens (primary N) is 1. The third kappa shape index (κ3) is 4.75. The van der Waals surface area contributed by atoms with Crippen molar-refractivity contribution in [3.63, 3.8) is 0 Å². The van der Waals surface area contributed by atoms with E-state index in [0.29, 0.717) is 13.2 Å². The van der Waals surface area contributed by atoms with E-state index in [1.807, 2.05) is 44.2 Å². The summed E-state index contributed by atoms with van der Waals surface area (Å²) < 4.78 is 17.4. The molecule has 0 unspecified atom stereocenters. The molecule has 0 fully saturated rings. The van der Waals surface area contributed by atoms with Gasteiger partial charge < -0.3 is 19.0 Å². The van der Waals surface area contributed by atoms with Crippen LogP contribution in [-0.2, 0) is 18.1 Å². The van der Waals surface area contributed by atoms with Crippen LogP contribution >= 0.6 is 0 Å². The molecule has 0 heterocycles. The lowest BCUT2D eigenvalue weighted by Gasteiger charge is -2.28. The highest BCUT2D eigenvalue weighted by molar-refractivity contribution is 6.75. The Hall–Kier alpha value is -1.21. The summed E-state index contributed by atoms with van der Waals surface area (Å²) in [7, 11) is -2.95. The van der Waals surface area contributed by atoms with Crippen molar-refractivity contribution >= 4 is 19.9 Å². The van der Waals surface area contributed by atoms with Crippen LogP contribution in [0.3, 0.4) is 0 Å². The first-order valence-corrected chi connectivity index (χ1v) is 8.12. The molecule has 19 heavy (non-hydrogen) atoms. The molecule has 1 amide bonds. The first-order chi connectivity index (χ1) is 9.14. The van der Waals surface area contributed by atoms with Crippen molar-refractivity contribution in [2.45, 2.75) is 20.3 Å². The predicted molar refractivity (Wildman–Crippen MR) is 74.8 cm³/mol. The second-order valence-corrected chi connectivity index (χ2v) is 6.41. The van der Waals surface area contributed by atoms with Gasteiger partial charge in [-0.3, -0.25) is 4.79 Å². The highest BCUT2D eigenvalue weighted by Crippen LogP contribution is 2.11. The van der Waals surface area contributed by atoms with E-state index in [9.17, 15) is 4.79 Å². The minimum Gasteiger partial charge on any atom is -0.370 e. The second kappa shape index (κ2) is 8.06. The fourth-order valence-electron chi connectivity index (χ4n) is 1.68. The van der Waals surface area contributed by atoms with Gasteiger partial charge in [0.1, 0.15) is 0 Å². The molecule has 0 radical (unpaired) electrons. The molecule has 1 rings (SSSR count). The summed E-state index contributed by atoms with van der Waals surface area (Å²) >= 11 is 0. The summed E-state index contributed by atoms with van der Waals surface area (Å²) in [5.41, 5.74) is 5.12. The van der Waals surface area contributed by atoms with E-state index < -0.39 is 14.7 Å². The van der Waals surface area contributed by atoms with Crippen LogP contribution in [-0.4, -0.2) is 34.5 Å². The maximum Gasteiger partial charge on any atom is 0.537 e. The maximum atomic E-state index is 10.8. The Kier molecular flexibility index (Phi) is 6.72. The smallest absolute Gasteiger partial charge is 0.370 e. The molecule has 0 atom stereocenters. The van der Waals surface area contributed by atoms with Crippen molar-refractivity contribution in [1.29, 1.82) is 0 Å². The average molecular weight is 283 g/mol. The van der Waals surface area contributed by atoms with E-state index in [1.54, 1.807) is 0 Å². The summed E-state index contributed by atoms with van der Waals surface area (Å²) in [5.74, 6) is -0.399. The fraction of sp³-hybridized carbons (Fsp3) is 0.462. The number of primary amides is 1. The predicted octanol–water partition coefficient (Wildman–Crippen LogP) is 0.798. The van der Waals surface area contributed by atoms with Crippen LogP contribution in [0.4, 0.5) is 0 Å². The minimum absolute atomic E-state index is 0.154. The van der Waals surface area contributed by atoms with Crippen molar-refractivity contribution in [2.75, 3.05) is 19.8 Å². The monoisotopic (exact) mass is 283 g/mol. The first kappa shape index (κ1) is 15.8. The molecule has 1 aromatic carbocycles. The van der Waals surface area contributed by atoms with Crippen LogP contribution in [0.5, 0.6) is 0 Å². The Morgan fingerprint density at radius 3 is 2.16 bits per heavy atom. The molecule has 0 saturated heterocycles. The van der Waals surface area contributed by atoms with E-state index in [2.05, 4.69) is 0 Å². The van der Waals surface area contributed by atoms with Crippen LogP contribution < -0.4 is 10.9 Å². The zero-order valence-corrected chi connectivity index (χ0v) is 12.4. The van der Waals surface area contributed by atoms with Crippen molar-refractivity contribution in [2.24, 2.45) is 5.73 Å². The summed E-state index contributed by atoms with van der Waals surface area (Å²) in [4.78, 5) is 10.8. The van der Waals surface area contributed by atoms with E-state index in [-0.39, 0.29) is 13.0 Å². The number of benzene rings is 1. The summed E-state index contributed by atoms with van der Waals surface area (Å²) in [6, 6.07) is 9.58. The van der Waals surface area contributed by atoms with Crippen LogP contribution in [0.25, 0.3) is 0 Å². The molecule has 0 aliphatic heterocycles. The first-order valence-electron chi connectivity index (χ1n) is 6.40. The van der Waals surface area contributed by atoms with E-state index in [0.717, 1.165) is 5.19 Å². The average Bonchev–Trinajstić information content (AvgIpc) is 2.39. The Bertz CT molecular complexity index is 379. The largest absolute Gasteiger partial charge is 0.537 e. The number of rotatable bonds is 9. The molecule has 2 N–H and O–H groups in total. The Balaban J connectivity index is 2.89. The molecule has 106 valence electrons. The van der Waals surface area contributed by atoms with Gasteiger partial charge >= 0.3 is 8.80 Å². The van der Waals surface area contributed by atoms with Gasteiger partial charge in [-0.2, -0.15) is 0 Å². The normalized spacial score (nSPS) is 11.5. The summed E-state index contributed by atoms with van der Waals surface area (Å²) in [5, 5.41) is 0.892. The second-order valence-electron chi connectivity index (χ2n) is 3.85. The van der Waals surface area contributed by atoms with E-state index in [4.69, 9.17) is 19.0 Å². The lowest BCUT2D eigenvalue weighted by Crippen LogP contribution is -2.57. The quantitative estimate of drug-likeness (QED) is 0.680. The lowest BCUT2D eigenvalue weighted by atomic mass is 10.4. The fourth-order valence-corrected chi connectivity index (χ4v) is 4.16. The standard InChI is InChI=1S/C13H21NO4Si/c1-3-16-19(17-4-2,18-11-10-13(14)15)12-8-6-5-7-9-12/h5-9H,3-4,10-11H2,1-2H3,(H2,14,15). The van der Waals surface area contributed by atoms with Gasteiger partial charge in [0, 0.05) is 31.4 Å². The van der Waals surface area contributed by atoms with Crippen molar-refractivity contribution in [1.82, 2.24) is 0 Å². The number of carbonyl (C=O) groups is 1. The molecule has 0 aliphatic carbocycles. The third-order valence-electron chi connectivity index (χ3n) is 2.44. The molecule has 0 spiro atoms. The molecule has 6 heteroatoms. The Morgan fingerprint density at radius 2 is 1.68 bits per heavy atom. The highest BCUT2D eigenvalue weighted by Gasteiger charge is 2.43. The topological polar surface area (TPSA) is 70.8 Å². The summed E-state index contributed by atoms with van der Waals surface area (Å²) in [6.45, 7) is 4.95. The van der Waals surface area contributed by atoms with Crippen molar-refractivity contribution in [3.8, 4) is 0 Å². The van der Waals surface area contributed by atoms with Crippen molar-refractivity contribution in [3.05, 3.63) is 30.3 Å².